The molecule has 41 heavy (non-hydrogen) atoms. The molecule has 4 heteroatoms. The second-order valence-corrected chi connectivity index (χ2v) is 12.8. The van der Waals surface area contributed by atoms with Crippen LogP contribution in [0.25, 0.3) is 0 Å². The van der Waals surface area contributed by atoms with Crippen LogP contribution in [0, 0.1) is 0 Å². The van der Waals surface area contributed by atoms with Gasteiger partial charge in [0.1, 0.15) is 6.10 Å². The lowest BCUT2D eigenvalue weighted by Gasteiger charge is -2.18. The summed E-state index contributed by atoms with van der Waals surface area (Å²) in [5.74, 6) is -0.634. The van der Waals surface area contributed by atoms with Crippen LogP contribution in [0.3, 0.4) is 0 Å². The highest BCUT2D eigenvalue weighted by Crippen LogP contribution is 2.18. The molecule has 0 aliphatic heterocycles. The van der Waals surface area contributed by atoms with Gasteiger partial charge in [-0.25, -0.2) is 0 Å². The van der Waals surface area contributed by atoms with Crippen LogP contribution in [0.4, 0.5) is 0 Å². The molecule has 0 radical (unpaired) electrons. The van der Waals surface area contributed by atoms with Gasteiger partial charge in [-0.3, -0.25) is 9.59 Å². The third-order valence-corrected chi connectivity index (χ3v) is 8.58. The Hall–Kier alpha value is -1.06. The molecule has 0 aromatic carbocycles. The lowest BCUT2D eigenvalue weighted by Crippen LogP contribution is -2.18. The molecular formula is C37H72O4. The van der Waals surface area contributed by atoms with E-state index < -0.39 is 5.97 Å². The first kappa shape index (κ1) is 39.9. The fraction of sp³-hybridized carbons (Fsp3) is 0.946. The summed E-state index contributed by atoms with van der Waals surface area (Å²) in [4.78, 5) is 23.0. The fourth-order valence-corrected chi connectivity index (χ4v) is 5.82. The quantitative estimate of drug-likeness (QED) is 0.0607. The van der Waals surface area contributed by atoms with E-state index in [2.05, 4.69) is 13.8 Å². The summed E-state index contributed by atoms with van der Waals surface area (Å²) in [5.41, 5.74) is 0. The minimum absolute atomic E-state index is 0.0342. The van der Waals surface area contributed by atoms with Gasteiger partial charge in [0.05, 0.1) is 0 Å². The molecule has 0 saturated heterocycles. The Morgan fingerprint density at radius 1 is 0.439 bits per heavy atom. The number of unbranched alkanes of at least 4 members (excludes halogenated alkanes) is 25. The molecule has 0 saturated carbocycles. The normalized spacial score (nSPS) is 12.0. The maximum absolute atomic E-state index is 12.5. The fourth-order valence-electron chi connectivity index (χ4n) is 5.82. The number of ether oxygens (including phenoxy) is 1. The Kier molecular flexibility index (Phi) is 32.6. The molecular weight excluding hydrogens is 508 g/mol. The maximum Gasteiger partial charge on any atom is 0.306 e. The molecule has 4 nitrogen and oxygen atoms in total. The molecule has 0 aliphatic rings. The van der Waals surface area contributed by atoms with E-state index in [0.717, 1.165) is 44.9 Å². The van der Waals surface area contributed by atoms with Gasteiger partial charge in [-0.2, -0.15) is 0 Å². The highest BCUT2D eigenvalue weighted by atomic mass is 16.5. The molecule has 1 atom stereocenters. The van der Waals surface area contributed by atoms with E-state index in [1.165, 1.54) is 148 Å². The molecule has 0 rings (SSSR count). The molecule has 1 unspecified atom stereocenters. The number of rotatable bonds is 34. The zero-order chi connectivity index (χ0) is 30.1. The molecule has 0 aromatic rings. The van der Waals surface area contributed by atoms with Crippen LogP contribution in [0.5, 0.6) is 0 Å². The summed E-state index contributed by atoms with van der Waals surface area (Å²) in [6, 6.07) is 0. The van der Waals surface area contributed by atoms with E-state index in [4.69, 9.17) is 9.84 Å². The van der Waals surface area contributed by atoms with Crippen LogP contribution < -0.4 is 0 Å². The first-order valence-corrected chi connectivity index (χ1v) is 18.5. The molecule has 0 heterocycles. The van der Waals surface area contributed by atoms with Crippen LogP contribution in [-0.2, 0) is 14.3 Å². The molecule has 244 valence electrons. The van der Waals surface area contributed by atoms with Crippen molar-refractivity contribution in [2.75, 3.05) is 0 Å². The third kappa shape index (κ3) is 33.3. The van der Waals surface area contributed by atoms with Crippen molar-refractivity contribution in [2.24, 2.45) is 0 Å². The highest BCUT2D eigenvalue weighted by molar-refractivity contribution is 5.69. The summed E-state index contributed by atoms with van der Waals surface area (Å²) >= 11 is 0. The molecule has 0 amide bonds. The molecule has 0 fully saturated rings. The monoisotopic (exact) mass is 581 g/mol. The first-order valence-electron chi connectivity index (χ1n) is 18.5. The lowest BCUT2D eigenvalue weighted by molar-refractivity contribution is -0.150. The van der Waals surface area contributed by atoms with Gasteiger partial charge < -0.3 is 9.84 Å². The van der Waals surface area contributed by atoms with Crippen molar-refractivity contribution in [3.8, 4) is 0 Å². The molecule has 0 aromatic heterocycles. The van der Waals surface area contributed by atoms with E-state index in [-0.39, 0.29) is 12.1 Å². The lowest BCUT2D eigenvalue weighted by atomic mass is 10.0. The Bertz CT molecular complexity index is 547. The Morgan fingerprint density at radius 2 is 0.756 bits per heavy atom. The molecule has 0 aliphatic carbocycles. The van der Waals surface area contributed by atoms with Crippen molar-refractivity contribution in [3.05, 3.63) is 0 Å². The zero-order valence-electron chi connectivity index (χ0n) is 27.9. The van der Waals surface area contributed by atoms with E-state index >= 15 is 0 Å². The van der Waals surface area contributed by atoms with Gasteiger partial charge in [-0.1, -0.05) is 174 Å². The number of aliphatic carboxylic acids is 1. The Balaban J connectivity index is 3.61. The van der Waals surface area contributed by atoms with E-state index in [9.17, 15) is 9.59 Å². The average Bonchev–Trinajstić information content (AvgIpc) is 2.95. The number of hydrogen-bond acceptors (Lipinski definition) is 3. The van der Waals surface area contributed by atoms with Crippen molar-refractivity contribution in [1.82, 2.24) is 0 Å². The highest BCUT2D eigenvalue weighted by Gasteiger charge is 2.14. The van der Waals surface area contributed by atoms with Crippen molar-refractivity contribution >= 4 is 11.9 Å². The summed E-state index contributed by atoms with van der Waals surface area (Å²) in [7, 11) is 0. The number of carbonyl (C=O) groups is 2. The molecule has 0 bridgehead atoms. The summed E-state index contributed by atoms with van der Waals surface area (Å²) in [6.45, 7) is 4.50. The van der Waals surface area contributed by atoms with Gasteiger partial charge in [-0.05, 0) is 32.1 Å². The van der Waals surface area contributed by atoms with E-state index in [1.54, 1.807) is 0 Å². The summed E-state index contributed by atoms with van der Waals surface area (Å²) in [5, 5.41) is 8.66. The van der Waals surface area contributed by atoms with Crippen LogP contribution >= 0.6 is 0 Å². The Morgan fingerprint density at radius 3 is 1.15 bits per heavy atom. The smallest absolute Gasteiger partial charge is 0.306 e. The first-order chi connectivity index (χ1) is 20.1. The van der Waals surface area contributed by atoms with Gasteiger partial charge in [0.25, 0.3) is 0 Å². The SMILES string of the molecule is CCCCCCCCCCCCCCCCC(=O)OC(CCCC)CCCCCCCCCCCCCCC(=O)O. The standard InChI is InChI=1S/C37H72O4/c1-3-5-7-8-9-10-11-12-13-18-21-24-27-30-34-37(40)41-35(31-6-4-2)32-28-25-22-19-16-14-15-17-20-23-26-29-33-36(38)39/h35H,3-34H2,1-2H3,(H,38,39). The zero-order valence-corrected chi connectivity index (χ0v) is 27.9. The minimum Gasteiger partial charge on any atom is -0.481 e. The predicted octanol–water partition coefficient (Wildman–Crippen LogP) is 12.5. The molecule has 0 spiro atoms. The van der Waals surface area contributed by atoms with Crippen LogP contribution in [-0.4, -0.2) is 23.1 Å². The maximum atomic E-state index is 12.5. The summed E-state index contributed by atoms with van der Waals surface area (Å²) < 4.78 is 5.92. The topological polar surface area (TPSA) is 63.6 Å². The van der Waals surface area contributed by atoms with E-state index in [0.29, 0.717) is 12.8 Å². The number of carbonyl (C=O) groups excluding carboxylic acids is 1. The predicted molar refractivity (Wildman–Crippen MR) is 177 cm³/mol. The second kappa shape index (κ2) is 33.4. The van der Waals surface area contributed by atoms with Crippen molar-refractivity contribution in [3.63, 3.8) is 0 Å². The second-order valence-electron chi connectivity index (χ2n) is 12.8. The van der Waals surface area contributed by atoms with Gasteiger partial charge >= 0.3 is 11.9 Å². The summed E-state index contributed by atoms with van der Waals surface area (Å²) in [6.07, 6.45) is 38.8. The van der Waals surface area contributed by atoms with Crippen LogP contribution in [0.15, 0.2) is 0 Å². The van der Waals surface area contributed by atoms with Crippen molar-refractivity contribution in [1.29, 1.82) is 0 Å². The van der Waals surface area contributed by atoms with Gasteiger partial charge in [0.15, 0.2) is 0 Å². The minimum atomic E-state index is -0.669. The van der Waals surface area contributed by atoms with Crippen molar-refractivity contribution in [2.45, 2.75) is 225 Å². The number of hydrogen-bond donors (Lipinski definition) is 1. The van der Waals surface area contributed by atoms with Crippen molar-refractivity contribution < 1.29 is 19.4 Å². The number of carboxylic acid groups (broad SMARTS) is 1. The van der Waals surface area contributed by atoms with Gasteiger partial charge in [-0.15, -0.1) is 0 Å². The van der Waals surface area contributed by atoms with Crippen LogP contribution in [0.2, 0.25) is 0 Å². The number of esters is 1. The van der Waals surface area contributed by atoms with E-state index in [1.807, 2.05) is 0 Å². The average molecular weight is 581 g/mol. The van der Waals surface area contributed by atoms with Gasteiger partial charge in [0, 0.05) is 12.8 Å². The Labute approximate surface area is 256 Å². The molecule has 1 N–H and O–H groups in total. The van der Waals surface area contributed by atoms with Gasteiger partial charge in [0.2, 0.25) is 0 Å². The number of carboxylic acids is 1. The third-order valence-electron chi connectivity index (χ3n) is 8.58. The largest absolute Gasteiger partial charge is 0.481 e. The van der Waals surface area contributed by atoms with Crippen LogP contribution in [0.1, 0.15) is 219 Å².